The van der Waals surface area contributed by atoms with Crippen molar-refractivity contribution >= 4 is 11.5 Å². The summed E-state index contributed by atoms with van der Waals surface area (Å²) in [6, 6.07) is 5.85. The van der Waals surface area contributed by atoms with E-state index in [-0.39, 0.29) is 0 Å². The van der Waals surface area contributed by atoms with Crippen LogP contribution in [0.1, 0.15) is 11.1 Å². The summed E-state index contributed by atoms with van der Waals surface area (Å²) >= 11 is 0. The lowest BCUT2D eigenvalue weighted by atomic mass is 10.2. The van der Waals surface area contributed by atoms with Gasteiger partial charge in [-0.05, 0) is 36.2 Å². The summed E-state index contributed by atoms with van der Waals surface area (Å²) in [6.45, 7) is 2.72. The van der Waals surface area contributed by atoms with E-state index in [9.17, 15) is 0 Å². The molecule has 0 amide bonds. The summed E-state index contributed by atoms with van der Waals surface area (Å²) in [5, 5.41) is 3.26. The van der Waals surface area contributed by atoms with E-state index in [0.29, 0.717) is 5.69 Å². The van der Waals surface area contributed by atoms with E-state index in [1.54, 1.807) is 18.6 Å². The molecule has 4 heteroatoms. The fraction of sp³-hybridized carbons (Fsp3) is 0.167. The van der Waals surface area contributed by atoms with Gasteiger partial charge in [-0.15, -0.1) is 0 Å². The normalized spacial score (nSPS) is 10.1. The van der Waals surface area contributed by atoms with Gasteiger partial charge in [-0.25, -0.2) is 4.98 Å². The molecule has 0 aromatic carbocycles. The van der Waals surface area contributed by atoms with E-state index >= 15 is 0 Å². The zero-order valence-corrected chi connectivity index (χ0v) is 9.14. The highest BCUT2D eigenvalue weighted by Gasteiger charge is 1.99. The predicted molar refractivity (Wildman–Crippen MR) is 65.0 cm³/mol. The van der Waals surface area contributed by atoms with Crippen molar-refractivity contribution < 1.29 is 0 Å². The van der Waals surface area contributed by atoms with Crippen LogP contribution in [0.4, 0.5) is 11.5 Å². The molecule has 0 saturated carbocycles. The Bertz CT molecular complexity index is 468. The Labute approximate surface area is 94.5 Å². The Morgan fingerprint density at radius 2 is 2.06 bits per heavy atom. The van der Waals surface area contributed by atoms with Gasteiger partial charge < -0.3 is 11.1 Å². The van der Waals surface area contributed by atoms with Crippen molar-refractivity contribution in [1.29, 1.82) is 0 Å². The van der Waals surface area contributed by atoms with Crippen molar-refractivity contribution in [2.75, 3.05) is 11.1 Å². The van der Waals surface area contributed by atoms with Crippen LogP contribution in [0.2, 0.25) is 0 Å². The van der Waals surface area contributed by atoms with Crippen LogP contribution in [-0.4, -0.2) is 9.97 Å². The molecule has 2 aromatic heterocycles. The highest BCUT2D eigenvalue weighted by atomic mass is 15.0. The number of anilines is 2. The lowest BCUT2D eigenvalue weighted by molar-refractivity contribution is 1.09. The van der Waals surface area contributed by atoms with Crippen LogP contribution in [0.25, 0.3) is 0 Å². The monoisotopic (exact) mass is 214 g/mol. The SMILES string of the molecule is Cc1cc(N)cnc1NCc1ccncc1. The molecule has 0 bridgehead atoms. The zero-order valence-electron chi connectivity index (χ0n) is 9.14. The smallest absolute Gasteiger partial charge is 0.129 e. The third-order valence-electron chi connectivity index (χ3n) is 2.31. The van der Waals surface area contributed by atoms with E-state index < -0.39 is 0 Å². The molecule has 0 saturated heterocycles. The molecule has 0 spiro atoms. The zero-order chi connectivity index (χ0) is 11.4. The Morgan fingerprint density at radius 1 is 1.31 bits per heavy atom. The largest absolute Gasteiger partial charge is 0.397 e. The molecule has 0 aliphatic carbocycles. The fourth-order valence-corrected chi connectivity index (χ4v) is 1.47. The molecule has 3 N–H and O–H groups in total. The van der Waals surface area contributed by atoms with Crippen LogP contribution >= 0.6 is 0 Å². The second-order valence-electron chi connectivity index (χ2n) is 3.64. The topological polar surface area (TPSA) is 63.8 Å². The number of nitrogens with zero attached hydrogens (tertiary/aromatic N) is 2. The lowest BCUT2D eigenvalue weighted by Gasteiger charge is -2.08. The van der Waals surface area contributed by atoms with Gasteiger partial charge in [-0.2, -0.15) is 0 Å². The van der Waals surface area contributed by atoms with Gasteiger partial charge in [0.25, 0.3) is 0 Å². The van der Waals surface area contributed by atoms with Crippen molar-refractivity contribution in [3.05, 3.63) is 47.9 Å². The minimum absolute atomic E-state index is 0.687. The number of rotatable bonds is 3. The van der Waals surface area contributed by atoms with Crippen LogP contribution < -0.4 is 11.1 Å². The maximum Gasteiger partial charge on any atom is 0.129 e. The maximum absolute atomic E-state index is 5.64. The summed E-state index contributed by atoms with van der Waals surface area (Å²) in [5.41, 5.74) is 8.55. The summed E-state index contributed by atoms with van der Waals surface area (Å²) < 4.78 is 0. The predicted octanol–water partition coefficient (Wildman–Crippen LogP) is 1.98. The van der Waals surface area contributed by atoms with Crippen molar-refractivity contribution in [2.45, 2.75) is 13.5 Å². The van der Waals surface area contributed by atoms with E-state index in [1.807, 2.05) is 25.1 Å². The van der Waals surface area contributed by atoms with Gasteiger partial charge in [0.2, 0.25) is 0 Å². The van der Waals surface area contributed by atoms with E-state index in [0.717, 1.165) is 17.9 Å². The molecule has 0 atom stereocenters. The number of nitrogens with one attached hydrogen (secondary N) is 1. The Balaban J connectivity index is 2.05. The van der Waals surface area contributed by atoms with Crippen LogP contribution in [0.3, 0.4) is 0 Å². The molecule has 2 aromatic rings. The number of hydrogen-bond donors (Lipinski definition) is 2. The van der Waals surface area contributed by atoms with E-state index in [1.165, 1.54) is 5.56 Å². The van der Waals surface area contributed by atoms with Crippen LogP contribution in [-0.2, 0) is 6.54 Å². The van der Waals surface area contributed by atoms with Gasteiger partial charge in [0.1, 0.15) is 5.82 Å². The molecule has 0 aliphatic rings. The van der Waals surface area contributed by atoms with Gasteiger partial charge in [-0.3, -0.25) is 4.98 Å². The quantitative estimate of drug-likeness (QED) is 0.820. The second kappa shape index (κ2) is 4.61. The Kier molecular flexibility index (Phi) is 3.00. The summed E-state index contributed by atoms with van der Waals surface area (Å²) in [7, 11) is 0. The highest BCUT2D eigenvalue weighted by molar-refractivity contribution is 5.50. The number of nitrogen functional groups attached to an aromatic ring is 1. The van der Waals surface area contributed by atoms with Gasteiger partial charge in [0.05, 0.1) is 11.9 Å². The van der Waals surface area contributed by atoms with Gasteiger partial charge in [0.15, 0.2) is 0 Å². The molecule has 2 rings (SSSR count). The number of aryl methyl sites for hydroxylation is 1. The van der Waals surface area contributed by atoms with Crippen molar-refractivity contribution in [3.63, 3.8) is 0 Å². The summed E-state index contributed by atoms with van der Waals surface area (Å²) in [4.78, 5) is 8.21. The minimum atomic E-state index is 0.687. The molecule has 0 fully saturated rings. The molecular formula is C12H14N4. The van der Waals surface area contributed by atoms with Crippen molar-refractivity contribution in [2.24, 2.45) is 0 Å². The average molecular weight is 214 g/mol. The third kappa shape index (κ3) is 2.48. The van der Waals surface area contributed by atoms with Crippen molar-refractivity contribution in [1.82, 2.24) is 9.97 Å². The molecule has 2 heterocycles. The molecule has 16 heavy (non-hydrogen) atoms. The first-order valence-electron chi connectivity index (χ1n) is 5.10. The molecular weight excluding hydrogens is 200 g/mol. The number of nitrogens with two attached hydrogens (primary N) is 1. The lowest BCUT2D eigenvalue weighted by Crippen LogP contribution is -2.03. The highest BCUT2D eigenvalue weighted by Crippen LogP contribution is 2.14. The summed E-state index contributed by atoms with van der Waals surface area (Å²) in [6.07, 6.45) is 5.21. The second-order valence-corrected chi connectivity index (χ2v) is 3.64. The van der Waals surface area contributed by atoms with Crippen molar-refractivity contribution in [3.8, 4) is 0 Å². The number of aromatic nitrogens is 2. The van der Waals surface area contributed by atoms with Crippen LogP contribution in [0.15, 0.2) is 36.8 Å². The molecule has 0 aliphatic heterocycles. The molecule has 82 valence electrons. The van der Waals surface area contributed by atoms with Crippen LogP contribution in [0.5, 0.6) is 0 Å². The standard InChI is InChI=1S/C12H14N4/c1-9-6-11(13)8-16-12(9)15-7-10-2-4-14-5-3-10/h2-6,8H,7,13H2,1H3,(H,15,16). The fourth-order valence-electron chi connectivity index (χ4n) is 1.47. The van der Waals surface area contributed by atoms with Gasteiger partial charge in [-0.1, -0.05) is 0 Å². The average Bonchev–Trinajstić information content (AvgIpc) is 2.29. The van der Waals surface area contributed by atoms with Gasteiger partial charge in [0, 0.05) is 18.9 Å². The maximum atomic E-state index is 5.64. The molecule has 0 radical (unpaired) electrons. The number of hydrogen-bond acceptors (Lipinski definition) is 4. The Hall–Kier alpha value is -2.10. The molecule has 4 nitrogen and oxygen atoms in total. The van der Waals surface area contributed by atoms with Gasteiger partial charge >= 0.3 is 0 Å². The van der Waals surface area contributed by atoms with Crippen LogP contribution in [0, 0.1) is 6.92 Å². The third-order valence-corrected chi connectivity index (χ3v) is 2.31. The first-order valence-corrected chi connectivity index (χ1v) is 5.10. The van der Waals surface area contributed by atoms with E-state index in [2.05, 4.69) is 15.3 Å². The van der Waals surface area contributed by atoms with E-state index in [4.69, 9.17) is 5.73 Å². The number of pyridine rings is 2. The Morgan fingerprint density at radius 3 is 2.75 bits per heavy atom. The first-order chi connectivity index (χ1) is 7.75. The summed E-state index contributed by atoms with van der Waals surface area (Å²) in [5.74, 6) is 0.867. The minimum Gasteiger partial charge on any atom is -0.397 e. The molecule has 0 unspecified atom stereocenters. The first kappa shape index (κ1) is 10.4.